The van der Waals surface area contributed by atoms with Gasteiger partial charge in [0.1, 0.15) is 5.82 Å². The van der Waals surface area contributed by atoms with Gasteiger partial charge in [0.25, 0.3) is 0 Å². The maximum Gasteiger partial charge on any atom is 0.128 e. The monoisotopic (exact) mass is 384 g/mol. The lowest BCUT2D eigenvalue weighted by molar-refractivity contribution is 0.00797. The van der Waals surface area contributed by atoms with Gasteiger partial charge in [-0.3, -0.25) is 14.5 Å². The second-order valence-corrected chi connectivity index (χ2v) is 7.94. The molecule has 0 bridgehead atoms. The molecule has 2 saturated heterocycles. The van der Waals surface area contributed by atoms with Gasteiger partial charge >= 0.3 is 0 Å². The number of hydrogen-bond acceptors (Lipinski definition) is 6. The topological polar surface area (TPSA) is 60.7 Å². The summed E-state index contributed by atoms with van der Waals surface area (Å²) in [5, 5.41) is 15.1. The van der Waals surface area contributed by atoms with Crippen molar-refractivity contribution in [1.29, 1.82) is 0 Å². The number of hydrogen-bond donors (Lipinski definition) is 1. The quantitative estimate of drug-likeness (QED) is 0.840. The molecule has 0 radical (unpaired) electrons. The highest BCUT2D eigenvalue weighted by Crippen LogP contribution is 2.23. The molecule has 0 spiro atoms. The molecule has 2 atom stereocenters. The van der Waals surface area contributed by atoms with E-state index < -0.39 is 0 Å². The van der Waals surface area contributed by atoms with Crippen LogP contribution in [0.3, 0.4) is 0 Å². The lowest BCUT2D eigenvalue weighted by atomic mass is 9.99. The van der Waals surface area contributed by atoms with Crippen LogP contribution in [0.5, 0.6) is 0 Å². The molecule has 4 heterocycles. The zero-order valence-electron chi connectivity index (χ0n) is 17.0. The Kier molecular flexibility index (Phi) is 5.94. The molecule has 2 unspecified atom stereocenters. The van der Waals surface area contributed by atoms with Crippen molar-refractivity contribution in [3.8, 4) is 0 Å². The molecule has 1 N–H and O–H groups in total. The third-order valence-corrected chi connectivity index (χ3v) is 6.29. The second-order valence-electron chi connectivity index (χ2n) is 7.94. The van der Waals surface area contributed by atoms with Gasteiger partial charge in [-0.2, -0.15) is 5.10 Å². The summed E-state index contributed by atoms with van der Waals surface area (Å²) in [6, 6.07) is 6.22. The first kappa shape index (κ1) is 19.4. The van der Waals surface area contributed by atoms with Gasteiger partial charge < -0.3 is 10.0 Å². The smallest absolute Gasteiger partial charge is 0.128 e. The lowest BCUT2D eigenvalue weighted by Crippen LogP contribution is -2.60. The predicted molar refractivity (Wildman–Crippen MR) is 110 cm³/mol. The van der Waals surface area contributed by atoms with E-state index in [9.17, 15) is 5.11 Å². The molecule has 2 aliphatic rings. The normalized spacial score (nSPS) is 24.6. The molecule has 2 aromatic heterocycles. The zero-order chi connectivity index (χ0) is 19.5. The van der Waals surface area contributed by atoms with Crippen LogP contribution in [0.1, 0.15) is 24.6 Å². The van der Waals surface area contributed by atoms with E-state index in [1.54, 1.807) is 0 Å². The summed E-state index contributed by atoms with van der Waals surface area (Å²) < 4.78 is 2.07. The summed E-state index contributed by atoms with van der Waals surface area (Å²) in [6.07, 6.45) is 4.41. The summed E-state index contributed by atoms with van der Waals surface area (Å²) in [7, 11) is 0. The van der Waals surface area contributed by atoms with Crippen LogP contribution < -0.4 is 4.90 Å². The number of nitrogens with zero attached hydrogens (tertiary/aromatic N) is 6. The van der Waals surface area contributed by atoms with Crippen molar-refractivity contribution < 1.29 is 5.11 Å². The molecule has 4 rings (SSSR count). The number of aryl methyl sites for hydroxylation is 1. The van der Waals surface area contributed by atoms with Crippen molar-refractivity contribution in [2.24, 2.45) is 0 Å². The minimum Gasteiger partial charge on any atom is -0.391 e. The van der Waals surface area contributed by atoms with E-state index in [1.165, 1.54) is 11.3 Å². The zero-order valence-corrected chi connectivity index (χ0v) is 17.0. The van der Waals surface area contributed by atoms with Crippen LogP contribution in [0.15, 0.2) is 30.6 Å². The third kappa shape index (κ3) is 4.06. The first-order valence-electron chi connectivity index (χ1n) is 10.5. The second kappa shape index (κ2) is 8.59. The number of piperazine rings is 1. The minimum atomic E-state index is -0.253. The highest BCUT2D eigenvalue weighted by molar-refractivity contribution is 5.38. The molecule has 28 heavy (non-hydrogen) atoms. The van der Waals surface area contributed by atoms with Gasteiger partial charge in [0, 0.05) is 69.8 Å². The maximum atomic E-state index is 10.6. The molecule has 152 valence electrons. The van der Waals surface area contributed by atoms with Crippen LogP contribution in [0.4, 0.5) is 5.82 Å². The fourth-order valence-electron chi connectivity index (χ4n) is 4.48. The number of pyridine rings is 1. The van der Waals surface area contributed by atoms with Crippen molar-refractivity contribution in [1.82, 2.24) is 24.6 Å². The standard InChI is InChI=1S/C21H32N6O/c1-3-27-17(2)18(14-23-27)15-24-10-12-25(13-11-24)19-16-26(9-7-20(19)28)21-6-4-5-8-22-21/h4-6,8,14,19-20,28H,3,7,9-13,15-16H2,1-2H3. The summed E-state index contributed by atoms with van der Waals surface area (Å²) in [5.74, 6) is 1.02. The molecule has 0 aliphatic carbocycles. The highest BCUT2D eigenvalue weighted by atomic mass is 16.3. The van der Waals surface area contributed by atoms with E-state index in [0.717, 1.165) is 64.6 Å². The van der Waals surface area contributed by atoms with E-state index in [-0.39, 0.29) is 12.1 Å². The number of aliphatic hydroxyl groups excluding tert-OH is 1. The average molecular weight is 385 g/mol. The Morgan fingerprint density at radius 1 is 1.14 bits per heavy atom. The van der Waals surface area contributed by atoms with Crippen LogP contribution in [-0.4, -0.2) is 81.1 Å². The Labute approximate surface area is 167 Å². The third-order valence-electron chi connectivity index (χ3n) is 6.29. The number of piperidine rings is 1. The van der Waals surface area contributed by atoms with Crippen LogP contribution >= 0.6 is 0 Å². The number of aliphatic hydroxyl groups is 1. The molecule has 2 aliphatic heterocycles. The Morgan fingerprint density at radius 3 is 2.64 bits per heavy atom. The van der Waals surface area contributed by atoms with Gasteiger partial charge in [0.2, 0.25) is 0 Å². The first-order valence-corrected chi connectivity index (χ1v) is 10.5. The Morgan fingerprint density at radius 2 is 1.96 bits per heavy atom. The van der Waals surface area contributed by atoms with E-state index >= 15 is 0 Å². The van der Waals surface area contributed by atoms with Crippen molar-refractivity contribution in [2.75, 3.05) is 44.2 Å². The van der Waals surface area contributed by atoms with E-state index in [2.05, 4.69) is 49.4 Å². The molecule has 2 fully saturated rings. The lowest BCUT2D eigenvalue weighted by Gasteiger charge is -2.45. The van der Waals surface area contributed by atoms with Crippen LogP contribution in [0.2, 0.25) is 0 Å². The Balaban J connectivity index is 1.34. The summed E-state index contributed by atoms with van der Waals surface area (Å²) in [4.78, 5) is 11.8. The largest absolute Gasteiger partial charge is 0.391 e. The van der Waals surface area contributed by atoms with Crippen LogP contribution in [-0.2, 0) is 13.1 Å². The molecule has 2 aromatic rings. The predicted octanol–water partition coefficient (Wildman–Crippen LogP) is 1.36. The number of rotatable bonds is 5. The van der Waals surface area contributed by atoms with E-state index in [1.807, 2.05) is 24.5 Å². The molecule has 7 nitrogen and oxygen atoms in total. The molecule has 0 saturated carbocycles. The van der Waals surface area contributed by atoms with Gasteiger partial charge in [0.05, 0.1) is 18.3 Å². The van der Waals surface area contributed by atoms with Gasteiger partial charge in [0.15, 0.2) is 0 Å². The SMILES string of the molecule is CCn1ncc(CN2CCN(C3CN(c4ccccn4)CCC3O)CC2)c1C. The maximum absolute atomic E-state index is 10.6. The van der Waals surface area contributed by atoms with Crippen molar-refractivity contribution in [3.05, 3.63) is 41.9 Å². The fourth-order valence-corrected chi connectivity index (χ4v) is 4.48. The minimum absolute atomic E-state index is 0.183. The van der Waals surface area contributed by atoms with Crippen LogP contribution in [0.25, 0.3) is 0 Å². The van der Waals surface area contributed by atoms with Gasteiger partial charge in [-0.15, -0.1) is 0 Å². The van der Waals surface area contributed by atoms with Gasteiger partial charge in [-0.1, -0.05) is 6.07 Å². The molecular weight excluding hydrogens is 352 g/mol. The molecular formula is C21H32N6O. The fraction of sp³-hybridized carbons (Fsp3) is 0.619. The van der Waals surface area contributed by atoms with E-state index in [0.29, 0.717) is 0 Å². The summed E-state index contributed by atoms with van der Waals surface area (Å²) in [6.45, 7) is 12.0. The first-order chi connectivity index (χ1) is 13.7. The molecule has 7 heteroatoms. The van der Waals surface area contributed by atoms with Crippen molar-refractivity contribution in [2.45, 2.75) is 45.5 Å². The number of anilines is 1. The number of aromatic nitrogens is 3. The van der Waals surface area contributed by atoms with Crippen molar-refractivity contribution >= 4 is 5.82 Å². The van der Waals surface area contributed by atoms with E-state index in [4.69, 9.17) is 0 Å². The highest BCUT2D eigenvalue weighted by Gasteiger charge is 2.34. The Bertz CT molecular complexity index is 756. The average Bonchev–Trinajstić information content (AvgIpc) is 3.09. The Hall–Kier alpha value is -1.96. The summed E-state index contributed by atoms with van der Waals surface area (Å²) in [5.41, 5.74) is 2.60. The molecule has 0 aromatic carbocycles. The van der Waals surface area contributed by atoms with Gasteiger partial charge in [-0.05, 0) is 32.4 Å². The van der Waals surface area contributed by atoms with Crippen molar-refractivity contribution in [3.63, 3.8) is 0 Å². The summed E-state index contributed by atoms with van der Waals surface area (Å²) >= 11 is 0. The molecule has 0 amide bonds. The van der Waals surface area contributed by atoms with Gasteiger partial charge in [-0.25, -0.2) is 4.98 Å². The van der Waals surface area contributed by atoms with Crippen LogP contribution in [0, 0.1) is 6.92 Å².